The lowest BCUT2D eigenvalue weighted by atomic mass is 10.3. The molecule has 1 aromatic carbocycles. The van der Waals surface area contributed by atoms with Crippen LogP contribution in [0.2, 0.25) is 0 Å². The zero-order chi connectivity index (χ0) is 17.2. The van der Waals surface area contributed by atoms with Gasteiger partial charge in [0.05, 0.1) is 6.61 Å². The Morgan fingerprint density at radius 2 is 2.00 bits per heavy atom. The molecule has 24 heavy (non-hydrogen) atoms. The fourth-order valence-corrected chi connectivity index (χ4v) is 1.98. The van der Waals surface area contributed by atoms with Crippen LogP contribution in [0.4, 0.5) is 11.6 Å². The third kappa shape index (κ3) is 5.51. The summed E-state index contributed by atoms with van der Waals surface area (Å²) in [5, 5.41) is 5.86. The van der Waals surface area contributed by atoms with E-state index in [-0.39, 0.29) is 5.91 Å². The minimum Gasteiger partial charge on any atom is -0.494 e. The number of aromatic nitrogens is 2. The van der Waals surface area contributed by atoms with Crippen LogP contribution in [-0.2, 0) is 4.74 Å². The van der Waals surface area contributed by atoms with Gasteiger partial charge in [-0.15, -0.1) is 0 Å². The first-order valence-electron chi connectivity index (χ1n) is 7.83. The van der Waals surface area contributed by atoms with Crippen molar-refractivity contribution >= 4 is 17.5 Å². The van der Waals surface area contributed by atoms with Crippen LogP contribution < -0.4 is 15.4 Å². The molecule has 2 aromatic rings. The van der Waals surface area contributed by atoms with E-state index < -0.39 is 0 Å². The van der Waals surface area contributed by atoms with Crippen molar-refractivity contribution in [3.8, 4) is 5.75 Å². The predicted octanol–water partition coefficient (Wildman–Crippen LogP) is 2.39. The number of hydrogen-bond acceptors (Lipinski definition) is 6. The van der Waals surface area contributed by atoms with E-state index in [1.165, 1.54) is 0 Å². The number of rotatable bonds is 9. The van der Waals surface area contributed by atoms with Crippen LogP contribution >= 0.6 is 0 Å². The minimum atomic E-state index is -0.233. The quantitative estimate of drug-likeness (QED) is 0.687. The Hall–Kier alpha value is -2.67. The van der Waals surface area contributed by atoms with Crippen molar-refractivity contribution in [3.63, 3.8) is 0 Å². The van der Waals surface area contributed by atoms with Crippen LogP contribution in [-0.4, -0.2) is 42.7 Å². The summed E-state index contributed by atoms with van der Waals surface area (Å²) in [6.07, 6.45) is 2.30. The molecule has 0 saturated carbocycles. The van der Waals surface area contributed by atoms with E-state index in [0.717, 1.165) is 17.9 Å². The normalized spacial score (nSPS) is 10.2. The molecule has 0 bridgehead atoms. The second kappa shape index (κ2) is 9.46. The van der Waals surface area contributed by atoms with Crippen LogP contribution in [0.5, 0.6) is 5.75 Å². The zero-order valence-electron chi connectivity index (χ0n) is 13.9. The molecule has 0 aliphatic rings. The molecule has 7 nitrogen and oxygen atoms in total. The molecule has 0 atom stereocenters. The molecule has 128 valence electrons. The fourth-order valence-electron chi connectivity index (χ4n) is 1.98. The number of benzene rings is 1. The summed E-state index contributed by atoms with van der Waals surface area (Å²) in [4.78, 5) is 20.4. The van der Waals surface area contributed by atoms with Gasteiger partial charge in [-0.1, -0.05) is 0 Å². The zero-order valence-corrected chi connectivity index (χ0v) is 13.9. The molecule has 0 saturated heterocycles. The first-order chi connectivity index (χ1) is 11.7. The highest BCUT2D eigenvalue weighted by Gasteiger charge is 2.08. The van der Waals surface area contributed by atoms with Gasteiger partial charge >= 0.3 is 0 Å². The van der Waals surface area contributed by atoms with Gasteiger partial charge in [0.2, 0.25) is 5.95 Å². The highest BCUT2D eigenvalue weighted by molar-refractivity contribution is 5.92. The number of anilines is 2. The summed E-state index contributed by atoms with van der Waals surface area (Å²) in [5.74, 6) is 0.931. The summed E-state index contributed by atoms with van der Waals surface area (Å²) in [7, 11) is 1.63. The van der Waals surface area contributed by atoms with Crippen molar-refractivity contribution in [3.05, 3.63) is 42.2 Å². The Labute approximate surface area is 141 Å². The van der Waals surface area contributed by atoms with Crippen LogP contribution in [0.15, 0.2) is 36.5 Å². The molecular formula is C17H22N4O3. The molecule has 2 N–H and O–H groups in total. The molecule has 0 aliphatic carbocycles. The molecule has 0 radical (unpaired) electrons. The molecule has 1 aromatic heterocycles. The summed E-state index contributed by atoms with van der Waals surface area (Å²) < 4.78 is 10.3. The van der Waals surface area contributed by atoms with Crippen molar-refractivity contribution < 1.29 is 14.3 Å². The van der Waals surface area contributed by atoms with Gasteiger partial charge in [-0.05, 0) is 43.7 Å². The number of methoxy groups -OCH3 is 1. The van der Waals surface area contributed by atoms with E-state index >= 15 is 0 Å². The highest BCUT2D eigenvalue weighted by atomic mass is 16.5. The minimum absolute atomic E-state index is 0.233. The smallest absolute Gasteiger partial charge is 0.270 e. The van der Waals surface area contributed by atoms with Crippen molar-refractivity contribution in [2.45, 2.75) is 13.3 Å². The molecule has 7 heteroatoms. The third-order valence-corrected chi connectivity index (χ3v) is 3.12. The van der Waals surface area contributed by atoms with E-state index in [9.17, 15) is 4.79 Å². The number of carbonyl (C=O) groups is 1. The molecule has 0 fully saturated rings. The lowest BCUT2D eigenvalue weighted by Gasteiger charge is -2.08. The Morgan fingerprint density at radius 1 is 1.21 bits per heavy atom. The third-order valence-electron chi connectivity index (χ3n) is 3.12. The average Bonchev–Trinajstić information content (AvgIpc) is 2.61. The Bertz CT molecular complexity index is 647. The number of nitrogens with zero attached hydrogens (tertiary/aromatic N) is 2. The SMILES string of the molecule is CCOc1ccc(Nc2nccc(C(=O)NCCCOC)n2)cc1. The lowest BCUT2D eigenvalue weighted by Crippen LogP contribution is -2.26. The maximum Gasteiger partial charge on any atom is 0.270 e. The maximum absolute atomic E-state index is 12.0. The van der Waals surface area contributed by atoms with Gasteiger partial charge in [0.1, 0.15) is 11.4 Å². The van der Waals surface area contributed by atoms with Gasteiger partial charge in [0.15, 0.2) is 0 Å². The topological polar surface area (TPSA) is 85.4 Å². The van der Waals surface area contributed by atoms with Gasteiger partial charge < -0.3 is 20.1 Å². The van der Waals surface area contributed by atoms with Gasteiger partial charge in [0.25, 0.3) is 5.91 Å². The van der Waals surface area contributed by atoms with E-state index in [4.69, 9.17) is 9.47 Å². The molecule has 1 amide bonds. The first-order valence-corrected chi connectivity index (χ1v) is 7.83. The van der Waals surface area contributed by atoms with Gasteiger partial charge in [0, 0.05) is 32.1 Å². The van der Waals surface area contributed by atoms with E-state index in [1.54, 1.807) is 19.4 Å². The lowest BCUT2D eigenvalue weighted by molar-refractivity contribution is 0.0943. The van der Waals surface area contributed by atoms with Crippen molar-refractivity contribution in [2.75, 3.05) is 32.2 Å². The molecule has 0 aliphatic heterocycles. The van der Waals surface area contributed by atoms with E-state index in [1.807, 2.05) is 31.2 Å². The van der Waals surface area contributed by atoms with E-state index in [2.05, 4.69) is 20.6 Å². The van der Waals surface area contributed by atoms with Crippen LogP contribution in [0.3, 0.4) is 0 Å². The highest BCUT2D eigenvalue weighted by Crippen LogP contribution is 2.18. The largest absolute Gasteiger partial charge is 0.494 e. The number of carbonyl (C=O) groups excluding carboxylic acids is 1. The molecule has 0 spiro atoms. The van der Waals surface area contributed by atoms with Gasteiger partial charge in [-0.3, -0.25) is 4.79 Å². The average molecular weight is 330 g/mol. The number of nitrogens with one attached hydrogen (secondary N) is 2. The van der Waals surface area contributed by atoms with Crippen LogP contribution in [0.1, 0.15) is 23.8 Å². The first kappa shape index (κ1) is 17.7. The second-order valence-electron chi connectivity index (χ2n) is 4.95. The summed E-state index contributed by atoms with van der Waals surface area (Å²) in [6.45, 7) is 3.70. The standard InChI is InChI=1S/C17H22N4O3/c1-3-24-14-7-5-13(6-8-14)20-17-19-11-9-15(21-17)16(22)18-10-4-12-23-2/h5-9,11H,3-4,10,12H2,1-2H3,(H,18,22)(H,19,20,21). The molecular weight excluding hydrogens is 308 g/mol. The van der Waals surface area contributed by atoms with Crippen LogP contribution in [0.25, 0.3) is 0 Å². The number of ether oxygens (including phenoxy) is 2. The monoisotopic (exact) mass is 330 g/mol. The molecule has 0 unspecified atom stereocenters. The Morgan fingerprint density at radius 3 is 2.71 bits per heavy atom. The Kier molecular flexibility index (Phi) is 6.97. The maximum atomic E-state index is 12.0. The predicted molar refractivity (Wildman–Crippen MR) is 91.8 cm³/mol. The van der Waals surface area contributed by atoms with Crippen LogP contribution in [0, 0.1) is 0 Å². The van der Waals surface area contributed by atoms with Gasteiger partial charge in [-0.2, -0.15) is 0 Å². The van der Waals surface area contributed by atoms with E-state index in [0.29, 0.717) is 31.4 Å². The van der Waals surface area contributed by atoms with Gasteiger partial charge in [-0.25, -0.2) is 9.97 Å². The summed E-state index contributed by atoms with van der Waals surface area (Å²) >= 11 is 0. The fraction of sp³-hybridized carbons (Fsp3) is 0.353. The molecule has 2 rings (SSSR count). The number of amides is 1. The summed E-state index contributed by atoms with van der Waals surface area (Å²) in [5.41, 5.74) is 1.13. The molecule has 1 heterocycles. The summed E-state index contributed by atoms with van der Waals surface area (Å²) in [6, 6.07) is 9.03. The van der Waals surface area contributed by atoms with Crippen molar-refractivity contribution in [1.82, 2.24) is 15.3 Å². The Balaban J connectivity index is 1.95. The number of hydrogen-bond donors (Lipinski definition) is 2. The van der Waals surface area contributed by atoms with Crippen molar-refractivity contribution in [1.29, 1.82) is 0 Å². The van der Waals surface area contributed by atoms with Crippen molar-refractivity contribution in [2.24, 2.45) is 0 Å². The second-order valence-corrected chi connectivity index (χ2v) is 4.95.